The quantitative estimate of drug-likeness (QED) is 0.760. The van der Waals surface area contributed by atoms with Crippen molar-refractivity contribution in [2.24, 2.45) is 0 Å². The first-order chi connectivity index (χ1) is 10.2. The molecule has 1 N–H and O–H groups in total. The average molecular weight is 302 g/mol. The molecule has 0 saturated carbocycles. The third-order valence-electron chi connectivity index (χ3n) is 3.14. The number of rotatable bonds is 4. The van der Waals surface area contributed by atoms with Gasteiger partial charge in [-0.05, 0) is 25.5 Å². The fraction of sp³-hybridized carbons (Fsp3) is 0.250. The summed E-state index contributed by atoms with van der Waals surface area (Å²) in [6.45, 7) is 4.86. The highest BCUT2D eigenvalue weighted by molar-refractivity contribution is 6.34. The average Bonchev–Trinajstić information content (AvgIpc) is 2.90. The fourth-order valence-corrected chi connectivity index (χ4v) is 2.41. The minimum absolute atomic E-state index is 0.605. The van der Waals surface area contributed by atoms with Crippen molar-refractivity contribution in [3.63, 3.8) is 0 Å². The Morgan fingerprint density at radius 3 is 2.86 bits per heavy atom. The van der Waals surface area contributed by atoms with E-state index in [-0.39, 0.29) is 0 Å². The second-order valence-electron chi connectivity index (χ2n) is 4.88. The molecule has 0 aliphatic heterocycles. The summed E-state index contributed by atoms with van der Waals surface area (Å²) in [6, 6.07) is 9.54. The molecule has 0 atom stereocenters. The minimum Gasteiger partial charge on any atom is -0.453 e. The number of benzene rings is 1. The second kappa shape index (κ2) is 5.74. The number of furan rings is 1. The standard InChI is InChI=1S/C16H16ClN3O/c1-3-7-18-15-9-13(19-10(2)20-15)14-8-11-5-4-6-12(17)16(11)21-14/h4-6,8-9H,3,7H2,1-2H3,(H,18,19,20). The van der Waals surface area contributed by atoms with Crippen LogP contribution < -0.4 is 5.32 Å². The Balaban J connectivity index is 2.05. The number of para-hydroxylation sites is 1. The SMILES string of the molecule is CCCNc1cc(-c2cc3cccc(Cl)c3o2)nc(C)n1. The Hall–Kier alpha value is -2.07. The van der Waals surface area contributed by atoms with Gasteiger partial charge in [0.05, 0.1) is 5.02 Å². The maximum atomic E-state index is 6.15. The van der Waals surface area contributed by atoms with Gasteiger partial charge in [-0.1, -0.05) is 30.7 Å². The highest BCUT2D eigenvalue weighted by atomic mass is 35.5. The number of fused-ring (bicyclic) bond motifs is 1. The van der Waals surface area contributed by atoms with E-state index in [1.165, 1.54) is 0 Å². The van der Waals surface area contributed by atoms with Gasteiger partial charge in [-0.15, -0.1) is 0 Å². The van der Waals surface area contributed by atoms with Crippen molar-refractivity contribution in [1.29, 1.82) is 0 Å². The second-order valence-corrected chi connectivity index (χ2v) is 5.29. The van der Waals surface area contributed by atoms with Gasteiger partial charge in [-0.3, -0.25) is 0 Å². The van der Waals surface area contributed by atoms with E-state index in [1.807, 2.05) is 37.3 Å². The first-order valence-corrected chi connectivity index (χ1v) is 7.33. The maximum absolute atomic E-state index is 6.15. The highest BCUT2D eigenvalue weighted by Crippen LogP contribution is 2.31. The molecular formula is C16H16ClN3O. The summed E-state index contributed by atoms with van der Waals surface area (Å²) < 4.78 is 5.85. The fourth-order valence-electron chi connectivity index (χ4n) is 2.19. The normalized spacial score (nSPS) is 11.0. The Kier molecular flexibility index (Phi) is 3.80. The van der Waals surface area contributed by atoms with E-state index in [0.29, 0.717) is 22.2 Å². The molecule has 0 aliphatic carbocycles. The van der Waals surface area contributed by atoms with Crippen molar-refractivity contribution in [3.05, 3.63) is 41.2 Å². The van der Waals surface area contributed by atoms with Crippen LogP contribution in [0.3, 0.4) is 0 Å². The Morgan fingerprint density at radius 2 is 2.10 bits per heavy atom. The first kappa shape index (κ1) is 13.9. The summed E-state index contributed by atoms with van der Waals surface area (Å²) in [4.78, 5) is 8.83. The van der Waals surface area contributed by atoms with Gasteiger partial charge in [0.15, 0.2) is 11.3 Å². The molecule has 3 aromatic rings. The van der Waals surface area contributed by atoms with Crippen molar-refractivity contribution in [1.82, 2.24) is 9.97 Å². The zero-order valence-electron chi connectivity index (χ0n) is 12.0. The summed E-state index contributed by atoms with van der Waals surface area (Å²) in [5.74, 6) is 2.21. The summed E-state index contributed by atoms with van der Waals surface area (Å²) in [5, 5.41) is 4.85. The molecule has 0 fully saturated rings. The number of aromatic nitrogens is 2. The van der Waals surface area contributed by atoms with Crippen molar-refractivity contribution >= 4 is 28.4 Å². The molecule has 0 bridgehead atoms. The molecule has 0 saturated heterocycles. The third-order valence-corrected chi connectivity index (χ3v) is 3.44. The lowest BCUT2D eigenvalue weighted by atomic mass is 10.2. The molecule has 2 heterocycles. The molecule has 0 radical (unpaired) electrons. The van der Waals surface area contributed by atoms with Crippen LogP contribution in [0.1, 0.15) is 19.2 Å². The molecule has 2 aromatic heterocycles. The molecular weight excluding hydrogens is 286 g/mol. The van der Waals surface area contributed by atoms with Crippen LogP contribution in [0.2, 0.25) is 5.02 Å². The van der Waals surface area contributed by atoms with E-state index in [2.05, 4.69) is 22.2 Å². The molecule has 0 spiro atoms. The predicted molar refractivity (Wildman–Crippen MR) is 85.8 cm³/mol. The van der Waals surface area contributed by atoms with Gasteiger partial charge < -0.3 is 9.73 Å². The van der Waals surface area contributed by atoms with Crippen LogP contribution >= 0.6 is 11.6 Å². The Bertz CT molecular complexity index is 782. The van der Waals surface area contributed by atoms with E-state index >= 15 is 0 Å². The topological polar surface area (TPSA) is 51.0 Å². The zero-order chi connectivity index (χ0) is 14.8. The lowest BCUT2D eigenvalue weighted by Crippen LogP contribution is -2.04. The largest absolute Gasteiger partial charge is 0.453 e. The van der Waals surface area contributed by atoms with Crippen molar-refractivity contribution < 1.29 is 4.42 Å². The van der Waals surface area contributed by atoms with Crippen molar-refractivity contribution in [3.8, 4) is 11.5 Å². The van der Waals surface area contributed by atoms with E-state index in [1.54, 1.807) is 0 Å². The zero-order valence-corrected chi connectivity index (χ0v) is 12.7. The molecule has 0 amide bonds. The molecule has 21 heavy (non-hydrogen) atoms. The van der Waals surface area contributed by atoms with Crippen LogP contribution in [0.5, 0.6) is 0 Å². The smallest absolute Gasteiger partial charge is 0.154 e. The van der Waals surface area contributed by atoms with Gasteiger partial charge in [0.2, 0.25) is 0 Å². The summed E-state index contributed by atoms with van der Waals surface area (Å²) in [5.41, 5.74) is 1.45. The molecule has 3 rings (SSSR count). The molecule has 5 heteroatoms. The predicted octanol–water partition coefficient (Wildman–Crippen LogP) is 4.67. The summed E-state index contributed by atoms with van der Waals surface area (Å²) in [7, 11) is 0. The number of nitrogens with one attached hydrogen (secondary N) is 1. The van der Waals surface area contributed by atoms with E-state index in [0.717, 1.165) is 29.9 Å². The van der Waals surface area contributed by atoms with Crippen LogP contribution in [0.15, 0.2) is 34.7 Å². The number of halogens is 1. The molecule has 4 nitrogen and oxygen atoms in total. The molecule has 108 valence electrons. The van der Waals surface area contributed by atoms with E-state index < -0.39 is 0 Å². The maximum Gasteiger partial charge on any atom is 0.154 e. The van der Waals surface area contributed by atoms with Crippen LogP contribution in [-0.4, -0.2) is 16.5 Å². The monoisotopic (exact) mass is 301 g/mol. The highest BCUT2D eigenvalue weighted by Gasteiger charge is 2.11. The van der Waals surface area contributed by atoms with Gasteiger partial charge in [0, 0.05) is 18.0 Å². The Morgan fingerprint density at radius 1 is 1.24 bits per heavy atom. The first-order valence-electron chi connectivity index (χ1n) is 6.95. The van der Waals surface area contributed by atoms with Gasteiger partial charge >= 0.3 is 0 Å². The molecule has 0 aliphatic rings. The van der Waals surface area contributed by atoms with Crippen LogP contribution in [0, 0.1) is 6.92 Å². The van der Waals surface area contributed by atoms with Gasteiger partial charge in [-0.25, -0.2) is 9.97 Å². The molecule has 0 unspecified atom stereocenters. The van der Waals surface area contributed by atoms with Crippen LogP contribution in [-0.2, 0) is 0 Å². The van der Waals surface area contributed by atoms with Gasteiger partial charge in [0.1, 0.15) is 17.3 Å². The third kappa shape index (κ3) is 2.85. The Labute approximate surface area is 128 Å². The van der Waals surface area contributed by atoms with E-state index in [9.17, 15) is 0 Å². The number of hydrogen-bond donors (Lipinski definition) is 1. The lowest BCUT2D eigenvalue weighted by Gasteiger charge is -2.06. The van der Waals surface area contributed by atoms with Crippen molar-refractivity contribution in [2.75, 3.05) is 11.9 Å². The lowest BCUT2D eigenvalue weighted by molar-refractivity contribution is 0.628. The summed E-state index contributed by atoms with van der Waals surface area (Å²) in [6.07, 6.45) is 1.04. The number of hydrogen-bond acceptors (Lipinski definition) is 4. The number of anilines is 1. The van der Waals surface area contributed by atoms with Crippen LogP contribution in [0.4, 0.5) is 5.82 Å². The summed E-state index contributed by atoms with van der Waals surface area (Å²) >= 11 is 6.15. The number of nitrogens with zero attached hydrogens (tertiary/aromatic N) is 2. The van der Waals surface area contributed by atoms with Gasteiger partial charge in [0.25, 0.3) is 0 Å². The van der Waals surface area contributed by atoms with Crippen molar-refractivity contribution in [2.45, 2.75) is 20.3 Å². The van der Waals surface area contributed by atoms with E-state index in [4.69, 9.17) is 16.0 Å². The van der Waals surface area contributed by atoms with Gasteiger partial charge in [-0.2, -0.15) is 0 Å². The van der Waals surface area contributed by atoms with Crippen LogP contribution in [0.25, 0.3) is 22.4 Å². The minimum atomic E-state index is 0.605. The molecule has 1 aromatic carbocycles. The number of aryl methyl sites for hydroxylation is 1.